The molecule has 0 saturated heterocycles. The SMILES string of the molecule is CSc1ccccc1Oc1c(F)cc(C#N)cc1F. The van der Waals surface area contributed by atoms with E-state index in [1.54, 1.807) is 24.3 Å². The zero-order valence-electron chi connectivity index (χ0n) is 9.98. The van der Waals surface area contributed by atoms with E-state index in [0.29, 0.717) is 5.75 Å². The predicted octanol–water partition coefficient (Wildman–Crippen LogP) is 4.35. The molecule has 2 aromatic rings. The third-order valence-electron chi connectivity index (χ3n) is 2.41. The second-order valence-corrected chi connectivity index (χ2v) is 4.48. The standard InChI is InChI=1S/C14H9F2NOS/c1-19-13-5-3-2-4-12(13)18-14-10(15)6-9(8-17)7-11(14)16/h2-7H,1H3. The summed E-state index contributed by atoms with van der Waals surface area (Å²) in [5.41, 5.74) is -0.0829. The molecular formula is C14H9F2NOS. The number of nitrogens with zero attached hydrogens (tertiary/aromatic N) is 1. The number of ether oxygens (including phenoxy) is 1. The van der Waals surface area contributed by atoms with Crippen molar-refractivity contribution >= 4 is 11.8 Å². The van der Waals surface area contributed by atoms with Crippen LogP contribution in [0.3, 0.4) is 0 Å². The van der Waals surface area contributed by atoms with Gasteiger partial charge >= 0.3 is 0 Å². The van der Waals surface area contributed by atoms with E-state index in [1.165, 1.54) is 11.8 Å². The number of halogens is 2. The second-order valence-electron chi connectivity index (χ2n) is 3.63. The Morgan fingerprint density at radius 1 is 1.16 bits per heavy atom. The van der Waals surface area contributed by atoms with Crippen molar-refractivity contribution in [2.45, 2.75) is 4.90 Å². The maximum absolute atomic E-state index is 13.7. The van der Waals surface area contributed by atoms with Gasteiger partial charge in [0, 0.05) is 4.90 Å². The van der Waals surface area contributed by atoms with Crippen LogP contribution in [0.15, 0.2) is 41.3 Å². The van der Waals surface area contributed by atoms with E-state index in [4.69, 9.17) is 10.00 Å². The van der Waals surface area contributed by atoms with Gasteiger partial charge in [-0.05, 0) is 30.5 Å². The molecule has 0 fully saturated rings. The topological polar surface area (TPSA) is 33.0 Å². The number of para-hydroxylation sites is 1. The summed E-state index contributed by atoms with van der Waals surface area (Å²) in [5, 5.41) is 8.62. The maximum Gasteiger partial charge on any atom is 0.198 e. The van der Waals surface area contributed by atoms with Gasteiger partial charge in [-0.15, -0.1) is 11.8 Å². The molecule has 0 aromatic heterocycles. The number of hydrogen-bond acceptors (Lipinski definition) is 3. The van der Waals surface area contributed by atoms with Crippen LogP contribution >= 0.6 is 11.8 Å². The summed E-state index contributed by atoms with van der Waals surface area (Å²) in [4.78, 5) is 0.769. The summed E-state index contributed by atoms with van der Waals surface area (Å²) >= 11 is 1.41. The number of thioether (sulfide) groups is 1. The predicted molar refractivity (Wildman–Crippen MR) is 69.4 cm³/mol. The number of hydrogen-bond donors (Lipinski definition) is 0. The Bertz CT molecular complexity index is 629. The van der Waals surface area contributed by atoms with Gasteiger partial charge in [0.1, 0.15) is 5.75 Å². The van der Waals surface area contributed by atoms with Crippen LogP contribution in [-0.4, -0.2) is 6.26 Å². The molecule has 0 unspecified atom stereocenters. The quantitative estimate of drug-likeness (QED) is 0.782. The Kier molecular flexibility index (Phi) is 4.03. The normalized spacial score (nSPS) is 10.0. The molecule has 0 heterocycles. The van der Waals surface area contributed by atoms with Crippen molar-refractivity contribution in [3.63, 3.8) is 0 Å². The number of rotatable bonds is 3. The Labute approximate surface area is 113 Å². The summed E-state index contributed by atoms with van der Waals surface area (Å²) in [6, 6.07) is 10.5. The van der Waals surface area contributed by atoms with E-state index in [0.717, 1.165) is 17.0 Å². The second kappa shape index (κ2) is 5.72. The molecule has 5 heteroatoms. The molecule has 0 bridgehead atoms. The van der Waals surface area contributed by atoms with Crippen molar-refractivity contribution in [1.82, 2.24) is 0 Å². The lowest BCUT2D eigenvalue weighted by molar-refractivity contribution is 0.400. The molecule has 0 amide bonds. The first kappa shape index (κ1) is 13.4. The minimum atomic E-state index is -0.896. The molecule has 0 aliphatic heterocycles. The lowest BCUT2D eigenvalue weighted by Gasteiger charge is -2.11. The van der Waals surface area contributed by atoms with Gasteiger partial charge in [0.15, 0.2) is 17.4 Å². The molecule has 0 spiro atoms. The molecule has 0 radical (unpaired) electrons. The van der Waals surface area contributed by atoms with E-state index in [1.807, 2.05) is 12.3 Å². The Hall–Kier alpha value is -2.06. The number of benzene rings is 2. The Balaban J connectivity index is 2.42. The average molecular weight is 277 g/mol. The van der Waals surface area contributed by atoms with Crippen molar-refractivity contribution in [2.24, 2.45) is 0 Å². The third kappa shape index (κ3) is 2.85. The van der Waals surface area contributed by atoms with Crippen molar-refractivity contribution in [3.05, 3.63) is 53.6 Å². The molecular weight excluding hydrogens is 268 g/mol. The minimum absolute atomic E-state index is 0.0829. The highest BCUT2D eigenvalue weighted by molar-refractivity contribution is 7.98. The van der Waals surface area contributed by atoms with E-state index < -0.39 is 17.4 Å². The highest BCUT2D eigenvalue weighted by atomic mass is 32.2. The van der Waals surface area contributed by atoms with Crippen LogP contribution in [0.25, 0.3) is 0 Å². The van der Waals surface area contributed by atoms with Crippen molar-refractivity contribution in [1.29, 1.82) is 5.26 Å². The van der Waals surface area contributed by atoms with E-state index >= 15 is 0 Å². The number of nitriles is 1. The van der Waals surface area contributed by atoms with Gasteiger partial charge in [0.2, 0.25) is 0 Å². The average Bonchev–Trinajstić information content (AvgIpc) is 2.43. The molecule has 0 N–H and O–H groups in total. The fourth-order valence-electron chi connectivity index (χ4n) is 1.54. The van der Waals surface area contributed by atoms with Crippen LogP contribution in [0, 0.1) is 23.0 Å². The van der Waals surface area contributed by atoms with Gasteiger partial charge in [0.05, 0.1) is 11.6 Å². The zero-order chi connectivity index (χ0) is 13.8. The highest BCUT2D eigenvalue weighted by Gasteiger charge is 2.15. The first-order valence-electron chi connectivity index (χ1n) is 5.35. The van der Waals surface area contributed by atoms with Gasteiger partial charge in [-0.2, -0.15) is 5.26 Å². The lowest BCUT2D eigenvalue weighted by Crippen LogP contribution is -1.95. The Morgan fingerprint density at radius 2 is 1.79 bits per heavy atom. The molecule has 2 rings (SSSR count). The van der Waals surface area contributed by atoms with Crippen LogP contribution in [-0.2, 0) is 0 Å². The van der Waals surface area contributed by atoms with Crippen LogP contribution < -0.4 is 4.74 Å². The van der Waals surface area contributed by atoms with Crippen LogP contribution in [0.5, 0.6) is 11.5 Å². The van der Waals surface area contributed by atoms with Gasteiger partial charge in [-0.3, -0.25) is 0 Å². The smallest absolute Gasteiger partial charge is 0.198 e. The molecule has 96 valence electrons. The van der Waals surface area contributed by atoms with Crippen LogP contribution in [0.4, 0.5) is 8.78 Å². The first-order chi connectivity index (χ1) is 9.15. The monoisotopic (exact) mass is 277 g/mol. The molecule has 2 aromatic carbocycles. The van der Waals surface area contributed by atoms with Crippen LogP contribution in [0.2, 0.25) is 0 Å². The van der Waals surface area contributed by atoms with Gasteiger partial charge in [-0.1, -0.05) is 12.1 Å². The summed E-state index contributed by atoms with van der Waals surface area (Å²) < 4.78 is 32.7. The maximum atomic E-state index is 13.7. The first-order valence-corrected chi connectivity index (χ1v) is 6.58. The van der Waals surface area contributed by atoms with E-state index in [2.05, 4.69) is 0 Å². The van der Waals surface area contributed by atoms with Crippen molar-refractivity contribution in [3.8, 4) is 17.6 Å². The molecule has 0 aliphatic carbocycles. The molecule has 0 aliphatic rings. The summed E-state index contributed by atoms with van der Waals surface area (Å²) in [6.07, 6.45) is 1.84. The summed E-state index contributed by atoms with van der Waals surface area (Å²) in [7, 11) is 0. The Morgan fingerprint density at radius 3 is 2.37 bits per heavy atom. The molecule has 2 nitrogen and oxygen atoms in total. The van der Waals surface area contributed by atoms with Crippen molar-refractivity contribution in [2.75, 3.05) is 6.26 Å². The highest BCUT2D eigenvalue weighted by Crippen LogP contribution is 2.34. The van der Waals surface area contributed by atoms with Gasteiger partial charge in [0.25, 0.3) is 0 Å². The van der Waals surface area contributed by atoms with Gasteiger partial charge in [-0.25, -0.2) is 8.78 Å². The van der Waals surface area contributed by atoms with Crippen LogP contribution in [0.1, 0.15) is 5.56 Å². The van der Waals surface area contributed by atoms with E-state index in [9.17, 15) is 8.78 Å². The minimum Gasteiger partial charge on any atom is -0.450 e. The summed E-state index contributed by atoms with van der Waals surface area (Å²) in [5.74, 6) is -1.92. The van der Waals surface area contributed by atoms with Crippen molar-refractivity contribution < 1.29 is 13.5 Å². The molecule has 0 atom stereocenters. The van der Waals surface area contributed by atoms with Gasteiger partial charge < -0.3 is 4.74 Å². The molecule has 0 saturated carbocycles. The fraction of sp³-hybridized carbons (Fsp3) is 0.0714. The third-order valence-corrected chi connectivity index (χ3v) is 3.19. The fourth-order valence-corrected chi connectivity index (χ4v) is 2.06. The summed E-state index contributed by atoms with van der Waals surface area (Å²) in [6.45, 7) is 0. The lowest BCUT2D eigenvalue weighted by atomic mass is 10.2. The zero-order valence-corrected chi connectivity index (χ0v) is 10.8. The molecule has 19 heavy (non-hydrogen) atoms. The largest absolute Gasteiger partial charge is 0.450 e. The van der Waals surface area contributed by atoms with E-state index in [-0.39, 0.29) is 5.56 Å².